The minimum Gasteiger partial charge on any atom is -0.546 e. The van der Waals surface area contributed by atoms with Crippen molar-refractivity contribution >= 4 is 40.2 Å². The Morgan fingerprint density at radius 1 is 1.18 bits per heavy atom. The van der Waals surface area contributed by atoms with Crippen LogP contribution in [0.1, 0.15) is 20.3 Å². The first kappa shape index (κ1) is 20.0. The molecule has 0 radical (unpaired) electrons. The highest BCUT2D eigenvalue weighted by Crippen LogP contribution is 2.32. The maximum Gasteiger partial charge on any atom is 0.353 e. The van der Waals surface area contributed by atoms with Gasteiger partial charge in [0.05, 0.1) is 25.1 Å². The molecule has 7 nitrogen and oxygen atoms in total. The molecule has 0 fully saturated rings. The van der Waals surface area contributed by atoms with E-state index in [4.69, 9.17) is 21.3 Å². The number of aromatic nitrogens is 3. The zero-order chi connectivity index (χ0) is 20.3. The summed E-state index contributed by atoms with van der Waals surface area (Å²) in [5.74, 6) is -0.240. The van der Waals surface area contributed by atoms with E-state index in [2.05, 4.69) is 17.1 Å². The van der Waals surface area contributed by atoms with Crippen molar-refractivity contribution < 1.29 is 14.6 Å². The van der Waals surface area contributed by atoms with Gasteiger partial charge in [-0.1, -0.05) is 23.6 Å². The second-order valence-corrected chi connectivity index (χ2v) is 7.17. The second kappa shape index (κ2) is 8.08. The molecule has 2 aromatic carbocycles. The van der Waals surface area contributed by atoms with Crippen LogP contribution in [0.2, 0.25) is 5.02 Å². The highest BCUT2D eigenvalue weighted by atomic mass is 35.5. The van der Waals surface area contributed by atoms with E-state index in [1.54, 1.807) is 24.3 Å². The van der Waals surface area contributed by atoms with Gasteiger partial charge in [0.25, 0.3) is 0 Å². The van der Waals surface area contributed by atoms with Gasteiger partial charge in [-0.3, -0.25) is 0 Å². The lowest BCUT2D eigenvalue weighted by atomic mass is 10.2. The van der Waals surface area contributed by atoms with Crippen LogP contribution in [-0.4, -0.2) is 40.8 Å². The summed E-state index contributed by atoms with van der Waals surface area (Å²) in [6, 6.07) is 12.5. The molecule has 0 saturated carbocycles. The number of carbonyl (C=O) groups is 1. The molecule has 0 aliphatic rings. The quantitative estimate of drug-likeness (QED) is 0.566. The van der Waals surface area contributed by atoms with Gasteiger partial charge in [-0.05, 0) is 43.7 Å². The molecule has 3 rings (SSSR count). The molecule has 0 bridgehead atoms. The standard InChI is InChI=1S/C20H21ClN4O3/c1-4-11-25(3,15-6-8-16(9-7-15)28-13(2)19(26)27)20-22-17-10-5-14(21)12-18(17)23-24-20/h5-10,12-13H,4,11H2,1-3H3. The van der Waals surface area contributed by atoms with E-state index >= 15 is 0 Å². The largest absolute Gasteiger partial charge is 0.546 e. The summed E-state index contributed by atoms with van der Waals surface area (Å²) in [5.41, 5.74) is 2.29. The molecular weight excluding hydrogens is 380 g/mol. The Bertz CT molecular complexity index is 996. The van der Waals surface area contributed by atoms with Crippen molar-refractivity contribution in [2.75, 3.05) is 13.6 Å². The Morgan fingerprint density at radius 3 is 2.54 bits per heavy atom. The molecule has 0 aliphatic carbocycles. The van der Waals surface area contributed by atoms with Crippen LogP contribution < -0.4 is 14.3 Å². The van der Waals surface area contributed by atoms with E-state index in [9.17, 15) is 9.90 Å². The molecule has 146 valence electrons. The molecule has 0 saturated heterocycles. The lowest BCUT2D eigenvalue weighted by Gasteiger charge is -2.30. The van der Waals surface area contributed by atoms with E-state index < -0.39 is 12.1 Å². The van der Waals surface area contributed by atoms with Gasteiger partial charge in [-0.15, -0.1) is 5.10 Å². The Kier molecular flexibility index (Phi) is 5.76. The lowest BCUT2D eigenvalue weighted by Crippen LogP contribution is -2.42. The number of rotatable bonds is 7. The summed E-state index contributed by atoms with van der Waals surface area (Å²) < 4.78 is 5.70. The van der Waals surface area contributed by atoms with Gasteiger partial charge in [-0.25, -0.2) is 4.48 Å². The molecule has 2 unspecified atom stereocenters. The van der Waals surface area contributed by atoms with Crippen LogP contribution in [-0.2, 0) is 4.79 Å². The van der Waals surface area contributed by atoms with Crippen LogP contribution in [0.5, 0.6) is 5.75 Å². The van der Waals surface area contributed by atoms with Gasteiger partial charge < -0.3 is 14.6 Å². The average Bonchev–Trinajstić information content (AvgIpc) is 2.68. The van der Waals surface area contributed by atoms with Gasteiger partial charge in [0.2, 0.25) is 0 Å². The fourth-order valence-corrected chi connectivity index (χ4v) is 3.17. The summed E-state index contributed by atoms with van der Waals surface area (Å²) in [7, 11) is 2.02. The number of halogens is 1. The summed E-state index contributed by atoms with van der Waals surface area (Å²) in [5, 5.41) is 20.1. The minimum absolute atomic E-state index is 0.346. The van der Waals surface area contributed by atoms with Crippen molar-refractivity contribution in [1.82, 2.24) is 19.7 Å². The molecule has 0 N–H and O–H groups in total. The molecule has 0 aliphatic heterocycles. The van der Waals surface area contributed by atoms with Crippen molar-refractivity contribution in [3.63, 3.8) is 0 Å². The number of carboxylic acid groups (broad SMARTS) is 1. The van der Waals surface area contributed by atoms with E-state index in [0.29, 0.717) is 26.7 Å². The van der Waals surface area contributed by atoms with E-state index in [1.165, 1.54) is 6.92 Å². The number of nitrogens with zero attached hydrogens (tertiary/aromatic N) is 4. The summed E-state index contributed by atoms with van der Waals surface area (Å²) in [6.07, 6.45) is -0.124. The number of aliphatic carboxylic acids is 1. The number of hydrogen-bond donors (Lipinski definition) is 0. The Balaban J connectivity index is 1.97. The lowest BCUT2D eigenvalue weighted by molar-refractivity contribution is -0.312. The van der Waals surface area contributed by atoms with Gasteiger partial charge in [0.1, 0.15) is 23.1 Å². The Morgan fingerprint density at radius 2 is 1.89 bits per heavy atom. The molecule has 3 aromatic rings. The number of fused-ring (bicyclic) bond motifs is 1. The fourth-order valence-electron chi connectivity index (χ4n) is 3.01. The number of hydrogen-bond acceptors (Lipinski definition) is 6. The normalized spacial score (nSPS) is 14.4. The predicted molar refractivity (Wildman–Crippen MR) is 106 cm³/mol. The van der Waals surface area contributed by atoms with E-state index in [0.717, 1.165) is 24.2 Å². The molecule has 8 heteroatoms. The van der Waals surface area contributed by atoms with Crippen molar-refractivity contribution in [2.45, 2.75) is 26.4 Å². The first-order chi connectivity index (χ1) is 13.3. The molecular formula is C20H21ClN4O3. The number of carboxylic acids is 1. The molecule has 0 spiro atoms. The summed E-state index contributed by atoms with van der Waals surface area (Å²) in [6.45, 7) is 4.28. The van der Waals surface area contributed by atoms with Gasteiger partial charge in [0.15, 0.2) is 0 Å². The number of benzene rings is 2. The van der Waals surface area contributed by atoms with Gasteiger partial charge >= 0.3 is 5.95 Å². The smallest absolute Gasteiger partial charge is 0.353 e. The first-order valence-corrected chi connectivity index (χ1v) is 9.35. The second-order valence-electron chi connectivity index (χ2n) is 6.73. The Labute approximate surface area is 168 Å². The third kappa shape index (κ3) is 4.05. The highest BCUT2D eigenvalue weighted by molar-refractivity contribution is 6.31. The van der Waals surface area contributed by atoms with E-state index in [1.807, 2.05) is 25.2 Å². The van der Waals surface area contributed by atoms with Crippen LogP contribution in [0.3, 0.4) is 0 Å². The monoisotopic (exact) mass is 400 g/mol. The number of quaternary nitrogens is 1. The first-order valence-electron chi connectivity index (χ1n) is 8.97. The minimum atomic E-state index is -1.26. The van der Waals surface area contributed by atoms with Crippen LogP contribution in [0.25, 0.3) is 11.0 Å². The highest BCUT2D eigenvalue weighted by Gasteiger charge is 2.31. The van der Waals surface area contributed by atoms with Gasteiger partial charge in [-0.2, -0.15) is 4.98 Å². The van der Waals surface area contributed by atoms with Crippen LogP contribution in [0.4, 0.5) is 11.6 Å². The zero-order valence-corrected chi connectivity index (χ0v) is 16.7. The predicted octanol–water partition coefficient (Wildman–Crippen LogP) is 2.87. The maximum absolute atomic E-state index is 10.9. The summed E-state index contributed by atoms with van der Waals surface area (Å²) in [4.78, 5) is 15.6. The zero-order valence-electron chi connectivity index (χ0n) is 15.9. The summed E-state index contributed by atoms with van der Waals surface area (Å²) >= 11 is 6.01. The third-order valence-corrected chi connectivity index (χ3v) is 4.80. The van der Waals surface area contributed by atoms with Gasteiger partial charge in [0, 0.05) is 17.2 Å². The van der Waals surface area contributed by atoms with Crippen molar-refractivity contribution in [1.29, 1.82) is 0 Å². The third-order valence-electron chi connectivity index (χ3n) is 4.57. The van der Waals surface area contributed by atoms with Crippen molar-refractivity contribution in [3.05, 3.63) is 47.5 Å². The maximum atomic E-state index is 10.9. The number of ether oxygens (including phenoxy) is 1. The fraction of sp³-hybridized carbons (Fsp3) is 0.300. The van der Waals surface area contributed by atoms with Crippen molar-refractivity contribution in [3.8, 4) is 5.75 Å². The molecule has 0 amide bonds. The molecule has 1 aromatic heterocycles. The van der Waals surface area contributed by atoms with E-state index in [-0.39, 0.29) is 0 Å². The molecule has 2 atom stereocenters. The van der Waals surface area contributed by atoms with Crippen LogP contribution in [0.15, 0.2) is 42.5 Å². The SMILES string of the molecule is CCC[N+](C)(c1ccc(OC(C)C(=O)[O-])cc1)c1nnc2cc(Cl)ccc2n1. The Hall–Kier alpha value is -2.77. The van der Waals surface area contributed by atoms with Crippen LogP contribution in [0, 0.1) is 0 Å². The average molecular weight is 401 g/mol. The molecule has 28 heavy (non-hydrogen) atoms. The molecule has 1 heterocycles. The van der Waals surface area contributed by atoms with Crippen LogP contribution >= 0.6 is 11.6 Å². The topological polar surface area (TPSA) is 88.0 Å². The number of carbonyl (C=O) groups excluding carboxylic acids is 1. The van der Waals surface area contributed by atoms with Crippen molar-refractivity contribution in [2.24, 2.45) is 0 Å².